The third kappa shape index (κ3) is 2.49. The molecule has 3 rings (SSSR count). The number of anilines is 1. The number of benzene rings is 1. The van der Waals surface area contributed by atoms with E-state index in [1.54, 1.807) is 0 Å². The zero-order valence-electron chi connectivity index (χ0n) is 10.6. The standard InChI is InChI=1S/C15H19N3/c16-11-12-3-1-2-4-15(12)17-13-7-9-18(10-8-13)14-5-6-14/h1-4,13-14,17H,5-10H2. The molecule has 3 heteroatoms. The van der Waals surface area contributed by atoms with Crippen LogP contribution in [0.3, 0.4) is 0 Å². The van der Waals surface area contributed by atoms with Gasteiger partial charge in [0.1, 0.15) is 6.07 Å². The molecule has 0 aromatic heterocycles. The van der Waals surface area contributed by atoms with Crippen LogP contribution >= 0.6 is 0 Å². The molecule has 94 valence electrons. The van der Waals surface area contributed by atoms with Crippen LogP contribution in [0.15, 0.2) is 24.3 Å². The van der Waals surface area contributed by atoms with Gasteiger partial charge in [0.15, 0.2) is 0 Å². The highest BCUT2D eigenvalue weighted by atomic mass is 15.2. The van der Waals surface area contributed by atoms with Crippen molar-refractivity contribution in [2.75, 3.05) is 18.4 Å². The molecule has 0 spiro atoms. The molecule has 18 heavy (non-hydrogen) atoms. The predicted octanol–water partition coefficient (Wildman–Crippen LogP) is 2.60. The molecule has 1 N–H and O–H groups in total. The van der Waals surface area contributed by atoms with Crippen LogP contribution in [0.4, 0.5) is 5.69 Å². The van der Waals surface area contributed by atoms with Gasteiger partial charge in [0.2, 0.25) is 0 Å². The average Bonchev–Trinajstić information content (AvgIpc) is 3.25. The van der Waals surface area contributed by atoms with Gasteiger partial charge in [0, 0.05) is 25.2 Å². The van der Waals surface area contributed by atoms with Crippen molar-refractivity contribution >= 4 is 5.69 Å². The van der Waals surface area contributed by atoms with E-state index in [1.807, 2.05) is 24.3 Å². The quantitative estimate of drug-likeness (QED) is 0.884. The molecule has 0 bridgehead atoms. The van der Waals surface area contributed by atoms with E-state index in [0.717, 1.165) is 17.3 Å². The number of hydrogen-bond acceptors (Lipinski definition) is 3. The van der Waals surface area contributed by atoms with Crippen molar-refractivity contribution in [3.8, 4) is 6.07 Å². The van der Waals surface area contributed by atoms with Crippen molar-refractivity contribution in [2.24, 2.45) is 0 Å². The topological polar surface area (TPSA) is 39.1 Å². The highest BCUT2D eigenvalue weighted by Crippen LogP contribution is 2.30. The van der Waals surface area contributed by atoms with E-state index >= 15 is 0 Å². The van der Waals surface area contributed by atoms with Gasteiger partial charge in [-0.05, 0) is 37.8 Å². The summed E-state index contributed by atoms with van der Waals surface area (Å²) >= 11 is 0. The molecule has 1 saturated heterocycles. The van der Waals surface area contributed by atoms with Crippen LogP contribution in [0.2, 0.25) is 0 Å². The molecule has 1 aliphatic carbocycles. The second-order valence-corrected chi connectivity index (χ2v) is 5.34. The number of piperidine rings is 1. The van der Waals surface area contributed by atoms with Gasteiger partial charge in [0.05, 0.1) is 11.3 Å². The smallest absolute Gasteiger partial charge is 0.101 e. The zero-order valence-corrected chi connectivity index (χ0v) is 10.6. The third-order valence-corrected chi connectivity index (χ3v) is 4.00. The van der Waals surface area contributed by atoms with E-state index in [9.17, 15) is 0 Å². The Morgan fingerprint density at radius 2 is 1.83 bits per heavy atom. The van der Waals surface area contributed by atoms with Crippen LogP contribution in [-0.4, -0.2) is 30.1 Å². The minimum Gasteiger partial charge on any atom is -0.381 e. The lowest BCUT2D eigenvalue weighted by Crippen LogP contribution is -2.40. The number of hydrogen-bond donors (Lipinski definition) is 1. The summed E-state index contributed by atoms with van der Waals surface area (Å²) in [5, 5.41) is 12.6. The maximum atomic E-state index is 9.07. The Morgan fingerprint density at radius 3 is 2.50 bits per heavy atom. The highest BCUT2D eigenvalue weighted by molar-refractivity contribution is 5.57. The maximum Gasteiger partial charge on any atom is 0.101 e. The lowest BCUT2D eigenvalue weighted by Gasteiger charge is -2.33. The van der Waals surface area contributed by atoms with E-state index < -0.39 is 0 Å². The fourth-order valence-corrected chi connectivity index (χ4v) is 2.78. The van der Waals surface area contributed by atoms with Crippen LogP contribution in [-0.2, 0) is 0 Å². The van der Waals surface area contributed by atoms with Crippen LogP contribution in [0, 0.1) is 11.3 Å². The van der Waals surface area contributed by atoms with Gasteiger partial charge >= 0.3 is 0 Å². The first-order valence-electron chi connectivity index (χ1n) is 6.86. The molecule has 2 aliphatic rings. The number of likely N-dealkylation sites (tertiary alicyclic amines) is 1. The van der Waals surface area contributed by atoms with Gasteiger partial charge in [-0.2, -0.15) is 5.26 Å². The Hall–Kier alpha value is -1.53. The molecule has 3 nitrogen and oxygen atoms in total. The molecule has 1 aliphatic heterocycles. The molecule has 0 amide bonds. The second kappa shape index (κ2) is 4.99. The Bertz CT molecular complexity index is 451. The number of nitriles is 1. The van der Waals surface area contributed by atoms with E-state index in [-0.39, 0.29) is 0 Å². The van der Waals surface area contributed by atoms with Crippen LogP contribution in [0.5, 0.6) is 0 Å². The maximum absolute atomic E-state index is 9.07. The molecule has 0 atom stereocenters. The average molecular weight is 241 g/mol. The third-order valence-electron chi connectivity index (χ3n) is 4.00. The minimum atomic E-state index is 0.523. The summed E-state index contributed by atoms with van der Waals surface area (Å²) in [6.45, 7) is 2.41. The van der Waals surface area contributed by atoms with Gasteiger partial charge in [-0.3, -0.25) is 0 Å². The monoisotopic (exact) mass is 241 g/mol. The largest absolute Gasteiger partial charge is 0.381 e. The Labute approximate surface area is 108 Å². The molecule has 0 radical (unpaired) electrons. The Balaban J connectivity index is 1.58. The fraction of sp³-hybridized carbons (Fsp3) is 0.533. The first-order valence-corrected chi connectivity index (χ1v) is 6.86. The molecule has 1 aromatic rings. The predicted molar refractivity (Wildman–Crippen MR) is 72.4 cm³/mol. The summed E-state index contributed by atoms with van der Waals surface area (Å²) in [6.07, 6.45) is 5.18. The van der Waals surface area contributed by atoms with Crippen LogP contribution in [0.25, 0.3) is 0 Å². The van der Waals surface area contributed by atoms with Crippen molar-refractivity contribution in [3.05, 3.63) is 29.8 Å². The molecular formula is C15H19N3. The van der Waals surface area contributed by atoms with Crippen molar-refractivity contribution in [1.82, 2.24) is 4.90 Å². The Morgan fingerprint density at radius 1 is 1.11 bits per heavy atom. The summed E-state index contributed by atoms with van der Waals surface area (Å²) in [5.74, 6) is 0. The van der Waals surface area contributed by atoms with E-state index in [2.05, 4.69) is 16.3 Å². The lowest BCUT2D eigenvalue weighted by atomic mass is 10.0. The van der Waals surface area contributed by atoms with Crippen molar-refractivity contribution < 1.29 is 0 Å². The molecule has 1 saturated carbocycles. The normalized spacial score (nSPS) is 21.5. The summed E-state index contributed by atoms with van der Waals surface area (Å²) in [6, 6.07) is 11.4. The minimum absolute atomic E-state index is 0.523. The SMILES string of the molecule is N#Cc1ccccc1NC1CCN(C2CC2)CC1. The number of rotatable bonds is 3. The number of nitrogens with zero attached hydrogens (tertiary/aromatic N) is 2. The molecular weight excluding hydrogens is 222 g/mol. The molecule has 0 unspecified atom stereocenters. The first kappa shape index (κ1) is 11.6. The lowest BCUT2D eigenvalue weighted by molar-refractivity contribution is 0.210. The van der Waals surface area contributed by atoms with Crippen LogP contribution in [0.1, 0.15) is 31.2 Å². The Kier molecular flexibility index (Phi) is 3.21. The van der Waals surface area contributed by atoms with E-state index in [4.69, 9.17) is 5.26 Å². The molecule has 1 aromatic carbocycles. The summed E-state index contributed by atoms with van der Waals surface area (Å²) in [5.41, 5.74) is 1.74. The van der Waals surface area contributed by atoms with E-state index in [0.29, 0.717) is 6.04 Å². The van der Waals surface area contributed by atoms with Gasteiger partial charge in [-0.25, -0.2) is 0 Å². The van der Waals surface area contributed by atoms with Gasteiger partial charge in [-0.1, -0.05) is 12.1 Å². The van der Waals surface area contributed by atoms with Gasteiger partial charge < -0.3 is 10.2 Å². The summed E-state index contributed by atoms with van der Waals surface area (Å²) in [7, 11) is 0. The fourth-order valence-electron chi connectivity index (χ4n) is 2.78. The second-order valence-electron chi connectivity index (χ2n) is 5.34. The molecule has 2 fully saturated rings. The summed E-state index contributed by atoms with van der Waals surface area (Å²) in [4.78, 5) is 2.62. The van der Waals surface area contributed by atoms with Gasteiger partial charge in [-0.15, -0.1) is 0 Å². The first-order chi connectivity index (χ1) is 8.86. The van der Waals surface area contributed by atoms with Crippen LogP contribution < -0.4 is 5.32 Å². The summed E-state index contributed by atoms with van der Waals surface area (Å²) < 4.78 is 0. The number of nitrogens with one attached hydrogen (secondary N) is 1. The zero-order chi connectivity index (χ0) is 12.4. The van der Waals surface area contributed by atoms with Crippen molar-refractivity contribution in [2.45, 2.75) is 37.8 Å². The van der Waals surface area contributed by atoms with Gasteiger partial charge in [0.25, 0.3) is 0 Å². The van der Waals surface area contributed by atoms with E-state index in [1.165, 1.54) is 38.8 Å². The molecule has 1 heterocycles. The van der Waals surface area contributed by atoms with Crippen molar-refractivity contribution in [1.29, 1.82) is 5.26 Å². The highest BCUT2D eigenvalue weighted by Gasteiger charge is 2.31. The number of para-hydroxylation sites is 1. The van der Waals surface area contributed by atoms with Crippen molar-refractivity contribution in [3.63, 3.8) is 0 Å².